The van der Waals surface area contributed by atoms with Gasteiger partial charge in [0, 0.05) is 0 Å². The summed E-state index contributed by atoms with van der Waals surface area (Å²) in [5.74, 6) is 0. The van der Waals surface area contributed by atoms with Gasteiger partial charge >= 0.3 is 0 Å². The summed E-state index contributed by atoms with van der Waals surface area (Å²) < 4.78 is 1.56. The molecule has 1 N–H and O–H groups in total. The summed E-state index contributed by atoms with van der Waals surface area (Å²) in [4.78, 5) is 0. The van der Waals surface area contributed by atoms with Crippen LogP contribution in [0.4, 0.5) is 0 Å². The molecule has 1 aromatic carbocycles. The molecule has 0 aliphatic carbocycles. The van der Waals surface area contributed by atoms with Crippen molar-refractivity contribution in [2.45, 2.75) is 13.0 Å². The summed E-state index contributed by atoms with van der Waals surface area (Å²) >= 11 is 0. The lowest BCUT2D eigenvalue weighted by molar-refractivity contribution is 0.199. The molecule has 0 fully saturated rings. The SMILES string of the molecule is C[C@H](O)c1ccc(-n2cnnn2)cc1. The number of hydrogen-bond donors (Lipinski definition) is 1. The molecular formula is C9H10N4O. The van der Waals surface area contributed by atoms with Gasteiger partial charge in [0.15, 0.2) is 0 Å². The zero-order valence-corrected chi connectivity index (χ0v) is 7.70. The molecule has 0 saturated carbocycles. The number of aliphatic hydroxyl groups excluding tert-OH is 1. The molecule has 0 unspecified atom stereocenters. The molecule has 2 rings (SSSR count). The molecule has 14 heavy (non-hydrogen) atoms. The Bertz CT molecular complexity index is 393. The molecule has 72 valence electrons. The summed E-state index contributed by atoms with van der Waals surface area (Å²) in [6.07, 6.45) is 1.08. The Balaban J connectivity index is 2.31. The summed E-state index contributed by atoms with van der Waals surface area (Å²) in [6, 6.07) is 7.42. The van der Waals surface area contributed by atoms with Crippen LogP contribution in [0, 0.1) is 0 Å². The first kappa shape index (κ1) is 8.83. The van der Waals surface area contributed by atoms with Gasteiger partial charge in [-0.05, 0) is 35.0 Å². The second-order valence-electron chi connectivity index (χ2n) is 3.02. The van der Waals surface area contributed by atoms with Crippen LogP contribution >= 0.6 is 0 Å². The lowest BCUT2D eigenvalue weighted by atomic mass is 10.1. The van der Waals surface area contributed by atoms with Crippen LogP contribution in [0.15, 0.2) is 30.6 Å². The molecule has 1 aromatic heterocycles. The highest BCUT2D eigenvalue weighted by Crippen LogP contribution is 2.13. The minimum atomic E-state index is -0.446. The Hall–Kier alpha value is -1.75. The minimum absolute atomic E-state index is 0.446. The standard InChI is InChI=1S/C9H10N4O/c1-7(14)8-2-4-9(5-3-8)13-6-10-11-12-13/h2-7,14H,1H3/t7-/m0/s1. The fraction of sp³-hybridized carbons (Fsp3) is 0.222. The Morgan fingerprint density at radius 2 is 2.00 bits per heavy atom. The van der Waals surface area contributed by atoms with E-state index in [9.17, 15) is 5.11 Å². The van der Waals surface area contributed by atoms with Crippen molar-refractivity contribution in [1.29, 1.82) is 0 Å². The first-order valence-corrected chi connectivity index (χ1v) is 4.29. The fourth-order valence-electron chi connectivity index (χ4n) is 1.19. The first-order valence-electron chi connectivity index (χ1n) is 4.29. The van der Waals surface area contributed by atoms with Gasteiger partial charge in [0.2, 0.25) is 0 Å². The number of hydrogen-bond acceptors (Lipinski definition) is 4. The van der Waals surface area contributed by atoms with E-state index in [1.807, 2.05) is 24.3 Å². The van der Waals surface area contributed by atoms with Crippen LogP contribution in [0.1, 0.15) is 18.6 Å². The number of nitrogens with zero attached hydrogens (tertiary/aromatic N) is 4. The van der Waals surface area contributed by atoms with E-state index in [1.165, 1.54) is 6.33 Å². The minimum Gasteiger partial charge on any atom is -0.389 e. The maximum absolute atomic E-state index is 9.30. The number of aromatic nitrogens is 4. The van der Waals surface area contributed by atoms with Gasteiger partial charge in [0.25, 0.3) is 0 Å². The van der Waals surface area contributed by atoms with E-state index in [2.05, 4.69) is 15.5 Å². The highest BCUT2D eigenvalue weighted by molar-refractivity contribution is 5.33. The normalized spacial score (nSPS) is 12.7. The molecule has 0 aliphatic rings. The zero-order valence-electron chi connectivity index (χ0n) is 7.70. The topological polar surface area (TPSA) is 63.8 Å². The number of aliphatic hydroxyl groups is 1. The number of tetrazole rings is 1. The van der Waals surface area contributed by atoms with Gasteiger partial charge in [-0.3, -0.25) is 0 Å². The van der Waals surface area contributed by atoms with Gasteiger partial charge in [-0.1, -0.05) is 12.1 Å². The Morgan fingerprint density at radius 1 is 1.29 bits per heavy atom. The van der Waals surface area contributed by atoms with Crippen molar-refractivity contribution in [3.8, 4) is 5.69 Å². The monoisotopic (exact) mass is 190 g/mol. The number of benzene rings is 1. The smallest absolute Gasteiger partial charge is 0.143 e. The third-order valence-corrected chi connectivity index (χ3v) is 1.99. The molecule has 0 spiro atoms. The highest BCUT2D eigenvalue weighted by atomic mass is 16.3. The Morgan fingerprint density at radius 3 is 2.50 bits per heavy atom. The summed E-state index contributed by atoms with van der Waals surface area (Å²) in [7, 11) is 0. The fourth-order valence-corrected chi connectivity index (χ4v) is 1.19. The Labute approximate surface area is 81.0 Å². The average molecular weight is 190 g/mol. The third kappa shape index (κ3) is 1.62. The number of rotatable bonds is 2. The van der Waals surface area contributed by atoms with Crippen LogP contribution < -0.4 is 0 Å². The van der Waals surface area contributed by atoms with Crippen molar-refractivity contribution in [1.82, 2.24) is 20.2 Å². The van der Waals surface area contributed by atoms with Gasteiger partial charge in [-0.15, -0.1) is 5.10 Å². The molecule has 1 atom stereocenters. The largest absolute Gasteiger partial charge is 0.389 e. The van der Waals surface area contributed by atoms with Crippen LogP contribution in [-0.4, -0.2) is 25.3 Å². The van der Waals surface area contributed by atoms with E-state index >= 15 is 0 Å². The van der Waals surface area contributed by atoms with Crippen molar-refractivity contribution in [2.24, 2.45) is 0 Å². The van der Waals surface area contributed by atoms with Crippen molar-refractivity contribution in [2.75, 3.05) is 0 Å². The van der Waals surface area contributed by atoms with E-state index in [-0.39, 0.29) is 0 Å². The Kier molecular flexibility index (Phi) is 2.24. The van der Waals surface area contributed by atoms with E-state index in [1.54, 1.807) is 11.6 Å². The van der Waals surface area contributed by atoms with E-state index in [4.69, 9.17) is 0 Å². The van der Waals surface area contributed by atoms with E-state index in [0.29, 0.717) is 0 Å². The van der Waals surface area contributed by atoms with Crippen LogP contribution in [0.2, 0.25) is 0 Å². The van der Waals surface area contributed by atoms with Gasteiger partial charge in [0.1, 0.15) is 6.33 Å². The second-order valence-corrected chi connectivity index (χ2v) is 3.02. The van der Waals surface area contributed by atoms with Crippen molar-refractivity contribution in [3.63, 3.8) is 0 Å². The molecule has 0 amide bonds. The second kappa shape index (κ2) is 3.55. The van der Waals surface area contributed by atoms with Crippen molar-refractivity contribution >= 4 is 0 Å². The third-order valence-electron chi connectivity index (χ3n) is 1.99. The molecule has 5 heteroatoms. The first-order chi connectivity index (χ1) is 6.77. The van der Waals surface area contributed by atoms with Gasteiger partial charge < -0.3 is 5.11 Å². The lowest BCUT2D eigenvalue weighted by Crippen LogP contribution is -1.96. The van der Waals surface area contributed by atoms with Gasteiger partial charge in [0.05, 0.1) is 11.8 Å². The average Bonchev–Trinajstić information content (AvgIpc) is 2.71. The van der Waals surface area contributed by atoms with Crippen molar-refractivity contribution < 1.29 is 5.11 Å². The zero-order chi connectivity index (χ0) is 9.97. The molecule has 0 saturated heterocycles. The predicted molar refractivity (Wildman–Crippen MR) is 49.8 cm³/mol. The van der Waals surface area contributed by atoms with E-state index < -0.39 is 6.10 Å². The van der Waals surface area contributed by atoms with Crippen LogP contribution in [-0.2, 0) is 0 Å². The predicted octanol–water partition coefficient (Wildman–Crippen LogP) is 0.716. The van der Waals surface area contributed by atoms with Gasteiger partial charge in [-0.25, -0.2) is 4.68 Å². The summed E-state index contributed by atoms with van der Waals surface area (Å²) in [5.41, 5.74) is 1.75. The highest BCUT2D eigenvalue weighted by Gasteiger charge is 2.01. The van der Waals surface area contributed by atoms with Gasteiger partial charge in [-0.2, -0.15) is 0 Å². The molecule has 0 aliphatic heterocycles. The van der Waals surface area contributed by atoms with E-state index in [0.717, 1.165) is 11.3 Å². The molecule has 5 nitrogen and oxygen atoms in total. The van der Waals surface area contributed by atoms with Crippen LogP contribution in [0.25, 0.3) is 5.69 Å². The van der Waals surface area contributed by atoms with Crippen LogP contribution in [0.3, 0.4) is 0 Å². The molecule has 0 radical (unpaired) electrons. The summed E-state index contributed by atoms with van der Waals surface area (Å²) in [6.45, 7) is 1.73. The van der Waals surface area contributed by atoms with Crippen LogP contribution in [0.5, 0.6) is 0 Å². The summed E-state index contributed by atoms with van der Waals surface area (Å²) in [5, 5.41) is 20.1. The van der Waals surface area contributed by atoms with Crippen molar-refractivity contribution in [3.05, 3.63) is 36.2 Å². The molecule has 2 aromatic rings. The lowest BCUT2D eigenvalue weighted by Gasteiger charge is -2.05. The maximum atomic E-state index is 9.30. The molecule has 1 heterocycles. The maximum Gasteiger partial charge on any atom is 0.143 e. The quantitative estimate of drug-likeness (QED) is 0.757. The molecular weight excluding hydrogens is 180 g/mol. The molecule has 0 bridgehead atoms.